The number of ketones is 1. The van der Waals surface area contributed by atoms with E-state index in [2.05, 4.69) is 58.0 Å². The van der Waals surface area contributed by atoms with Gasteiger partial charge >= 0.3 is 0 Å². The van der Waals surface area contributed by atoms with E-state index in [0.717, 1.165) is 69.1 Å². The van der Waals surface area contributed by atoms with Crippen LogP contribution in [0.25, 0.3) is 11.1 Å². The van der Waals surface area contributed by atoms with Crippen LogP contribution in [0.5, 0.6) is 11.5 Å². The van der Waals surface area contributed by atoms with Crippen molar-refractivity contribution in [3.63, 3.8) is 0 Å². The average Bonchev–Trinajstić information content (AvgIpc) is 3.18. The van der Waals surface area contributed by atoms with Gasteiger partial charge < -0.3 is 9.47 Å². The van der Waals surface area contributed by atoms with E-state index >= 15 is 0 Å². The lowest BCUT2D eigenvalue weighted by Crippen LogP contribution is -2.10. The number of rotatable bonds is 4. The van der Waals surface area contributed by atoms with Crippen LogP contribution < -0.4 is 9.47 Å². The maximum atomic E-state index is 13.6. The second-order valence-corrected chi connectivity index (χ2v) is 10.4. The van der Waals surface area contributed by atoms with Crippen molar-refractivity contribution in [2.24, 2.45) is 0 Å². The van der Waals surface area contributed by atoms with E-state index in [1.165, 1.54) is 5.56 Å². The van der Waals surface area contributed by atoms with Crippen LogP contribution in [-0.4, -0.2) is 5.78 Å². The molecule has 0 radical (unpaired) electrons. The van der Waals surface area contributed by atoms with Gasteiger partial charge in [0.25, 0.3) is 0 Å². The summed E-state index contributed by atoms with van der Waals surface area (Å²) in [4.78, 5) is 13.6. The Bertz CT molecular complexity index is 1580. The lowest BCUT2D eigenvalue weighted by molar-refractivity contribution is 0.103. The summed E-state index contributed by atoms with van der Waals surface area (Å²) in [6.07, 6.45) is 8.18. The summed E-state index contributed by atoms with van der Waals surface area (Å²) in [5.74, 6) is 3.62. The van der Waals surface area contributed by atoms with Gasteiger partial charge in [-0.3, -0.25) is 4.79 Å². The molecule has 1 atom stereocenters. The number of carbonyl (C=O) groups excluding carboxylic acids is 1. The van der Waals surface area contributed by atoms with Crippen molar-refractivity contribution in [3.05, 3.63) is 130 Å². The molecule has 6 rings (SSSR count). The van der Waals surface area contributed by atoms with Gasteiger partial charge in [-0.05, 0) is 72.2 Å². The highest BCUT2D eigenvalue weighted by atomic mass is 16.5. The monoisotopic (exact) mass is 500 g/mol. The summed E-state index contributed by atoms with van der Waals surface area (Å²) < 4.78 is 12.7. The second-order valence-electron chi connectivity index (χ2n) is 10.4. The molecule has 0 saturated heterocycles. The number of hydrogen-bond donors (Lipinski definition) is 0. The van der Waals surface area contributed by atoms with Crippen LogP contribution in [0.15, 0.2) is 102 Å². The highest BCUT2D eigenvalue weighted by Gasteiger charge is 2.35. The highest BCUT2D eigenvalue weighted by molar-refractivity contribution is 6.19. The molecule has 3 aromatic carbocycles. The van der Waals surface area contributed by atoms with Crippen LogP contribution >= 0.6 is 0 Å². The number of carbonyl (C=O) groups is 1. The maximum Gasteiger partial charge on any atom is 0.190 e. The normalized spacial score (nSPS) is 20.8. The first-order chi connectivity index (χ1) is 18.5. The van der Waals surface area contributed by atoms with Crippen molar-refractivity contribution < 1.29 is 14.3 Å². The van der Waals surface area contributed by atoms with E-state index in [-0.39, 0.29) is 11.7 Å². The van der Waals surface area contributed by atoms with Crippen LogP contribution in [0, 0.1) is 0 Å². The highest BCUT2D eigenvalue weighted by Crippen LogP contribution is 2.45. The first-order valence-electron chi connectivity index (χ1n) is 13.6. The minimum atomic E-state index is 0.00783. The summed E-state index contributed by atoms with van der Waals surface area (Å²) in [6.45, 7) is 8.69. The molecule has 0 saturated carbocycles. The number of hydrogen-bond acceptors (Lipinski definition) is 3. The molecule has 0 bridgehead atoms. The molecule has 3 heteroatoms. The first kappa shape index (κ1) is 24.2. The molecule has 0 amide bonds. The van der Waals surface area contributed by atoms with E-state index in [4.69, 9.17) is 9.47 Å². The summed E-state index contributed by atoms with van der Waals surface area (Å²) in [5, 5.41) is 0. The number of para-hydroxylation sites is 1. The molecule has 3 nitrogen and oxygen atoms in total. The Hall–Kier alpha value is -4.11. The molecule has 0 N–H and O–H groups in total. The van der Waals surface area contributed by atoms with Crippen LogP contribution in [0.3, 0.4) is 0 Å². The van der Waals surface area contributed by atoms with E-state index in [0.29, 0.717) is 11.7 Å². The van der Waals surface area contributed by atoms with Gasteiger partial charge in [0.1, 0.15) is 23.0 Å². The third-order valence-corrected chi connectivity index (χ3v) is 8.09. The average molecular weight is 501 g/mol. The van der Waals surface area contributed by atoms with Gasteiger partial charge in [0, 0.05) is 34.3 Å². The number of allylic oxidation sites excluding steroid dienone is 6. The van der Waals surface area contributed by atoms with E-state index < -0.39 is 0 Å². The summed E-state index contributed by atoms with van der Waals surface area (Å²) >= 11 is 0. The van der Waals surface area contributed by atoms with E-state index in [1.54, 1.807) is 0 Å². The molecule has 38 heavy (non-hydrogen) atoms. The molecular formula is C35H32O3. The largest absolute Gasteiger partial charge is 0.457 e. The zero-order chi connectivity index (χ0) is 26.4. The smallest absolute Gasteiger partial charge is 0.190 e. The third kappa shape index (κ3) is 4.03. The lowest BCUT2D eigenvalue weighted by Gasteiger charge is -2.23. The minimum absolute atomic E-state index is 0.00783. The fourth-order valence-electron chi connectivity index (χ4n) is 6.00. The Kier molecular flexibility index (Phi) is 6.15. The van der Waals surface area contributed by atoms with Crippen LogP contribution in [-0.2, 0) is 0 Å². The SMILES string of the molecule is CCC(CC)c1ccc2c(c1)O/C(=C/C1=CC(=C3/C(=O)c4ccccc4C3C)/c3ccccc3O1)C=C2C. The molecule has 1 aliphatic carbocycles. The fourth-order valence-corrected chi connectivity index (χ4v) is 6.00. The van der Waals surface area contributed by atoms with Crippen molar-refractivity contribution >= 4 is 16.9 Å². The van der Waals surface area contributed by atoms with Gasteiger partial charge in [-0.25, -0.2) is 0 Å². The first-order valence-corrected chi connectivity index (χ1v) is 13.6. The predicted octanol–water partition coefficient (Wildman–Crippen LogP) is 9.00. The number of ether oxygens (including phenoxy) is 2. The zero-order valence-electron chi connectivity index (χ0n) is 22.4. The van der Waals surface area contributed by atoms with Crippen molar-refractivity contribution in [1.29, 1.82) is 0 Å². The Morgan fingerprint density at radius 1 is 0.842 bits per heavy atom. The molecule has 2 aliphatic heterocycles. The number of fused-ring (bicyclic) bond motifs is 3. The zero-order valence-corrected chi connectivity index (χ0v) is 22.4. The standard InChI is InChI=1S/C35H32O3/c1-5-23(6-2)24-15-16-27-21(3)17-25(38-33(27)18-24)19-26-20-31(29-12-9-10-14-32(29)37-26)34-22(4)28-11-7-8-13-30(28)35(34)36/h7-20,22-23H,5-6H2,1-4H3/b25-19+,34-31-. The lowest BCUT2D eigenvalue weighted by atomic mass is 9.89. The predicted molar refractivity (Wildman–Crippen MR) is 153 cm³/mol. The molecule has 190 valence electrons. The summed E-state index contributed by atoms with van der Waals surface area (Å²) in [6, 6.07) is 22.4. The molecule has 0 aromatic heterocycles. The summed E-state index contributed by atoms with van der Waals surface area (Å²) in [5.41, 5.74) is 8.12. The minimum Gasteiger partial charge on any atom is -0.457 e. The molecule has 3 aliphatic rings. The number of Topliss-reactive ketones (excluding diaryl/α,β-unsaturated/α-hetero) is 1. The van der Waals surface area contributed by atoms with Crippen molar-refractivity contribution in [3.8, 4) is 11.5 Å². The second kappa shape index (κ2) is 9.64. The van der Waals surface area contributed by atoms with Gasteiger partial charge in [-0.1, -0.05) is 75.4 Å². The van der Waals surface area contributed by atoms with Gasteiger partial charge in [-0.2, -0.15) is 0 Å². The quantitative estimate of drug-likeness (QED) is 0.335. The Balaban J connectivity index is 1.42. The summed E-state index contributed by atoms with van der Waals surface area (Å²) in [7, 11) is 0. The molecule has 2 heterocycles. The Morgan fingerprint density at radius 3 is 2.34 bits per heavy atom. The molecule has 1 unspecified atom stereocenters. The molecule has 0 spiro atoms. The Morgan fingerprint density at radius 2 is 1.58 bits per heavy atom. The molecule has 0 fully saturated rings. The number of benzene rings is 3. The fraction of sp³-hybridized carbons (Fsp3) is 0.229. The van der Waals surface area contributed by atoms with Crippen LogP contribution in [0.2, 0.25) is 0 Å². The maximum absolute atomic E-state index is 13.6. The van der Waals surface area contributed by atoms with E-state index in [9.17, 15) is 4.79 Å². The molecular weight excluding hydrogens is 468 g/mol. The Labute approximate surface area is 224 Å². The van der Waals surface area contributed by atoms with Gasteiger partial charge in [-0.15, -0.1) is 0 Å². The van der Waals surface area contributed by atoms with Gasteiger partial charge in [0.05, 0.1) is 0 Å². The van der Waals surface area contributed by atoms with Crippen molar-refractivity contribution in [1.82, 2.24) is 0 Å². The van der Waals surface area contributed by atoms with Crippen molar-refractivity contribution in [2.75, 3.05) is 0 Å². The van der Waals surface area contributed by atoms with Gasteiger partial charge in [0.15, 0.2) is 5.78 Å². The molecule has 3 aromatic rings. The van der Waals surface area contributed by atoms with Gasteiger partial charge in [0.2, 0.25) is 0 Å². The third-order valence-electron chi connectivity index (χ3n) is 8.09. The topological polar surface area (TPSA) is 35.5 Å². The van der Waals surface area contributed by atoms with Crippen molar-refractivity contribution in [2.45, 2.75) is 52.4 Å². The van der Waals surface area contributed by atoms with Crippen LogP contribution in [0.4, 0.5) is 0 Å². The van der Waals surface area contributed by atoms with Crippen LogP contribution in [0.1, 0.15) is 85.0 Å². The van der Waals surface area contributed by atoms with E-state index in [1.807, 2.05) is 54.6 Å².